The molecule has 0 aliphatic rings. The Hall–Kier alpha value is -1.82. The number of nitrogens with zero attached hydrogens (tertiary/aromatic N) is 1. The van der Waals surface area contributed by atoms with E-state index in [1.165, 1.54) is 0 Å². The third kappa shape index (κ3) is 2.91. The van der Waals surface area contributed by atoms with Crippen LogP contribution in [0, 0.1) is 23.7 Å². The molecule has 0 heterocycles. The monoisotopic (exact) mass is 189 g/mol. The molecule has 0 aliphatic carbocycles. The maximum absolute atomic E-state index is 8.47. The second-order valence-electron chi connectivity index (χ2n) is 2.58. The van der Waals surface area contributed by atoms with Crippen LogP contribution in [0.25, 0.3) is 0 Å². The lowest BCUT2D eigenvalue weighted by atomic mass is 10.1. The Labute approximate surface area is 84.7 Å². The van der Waals surface area contributed by atoms with Crippen molar-refractivity contribution in [2.24, 2.45) is 0 Å². The Balaban J connectivity index is 0.000000791. The molecule has 14 heavy (non-hydrogen) atoms. The lowest BCUT2D eigenvalue weighted by Crippen LogP contribution is -2.01. The minimum absolute atomic E-state index is 0.0869. The molecular formula is C11H15N3. The van der Waals surface area contributed by atoms with E-state index in [1.54, 1.807) is 18.2 Å². The maximum Gasteiger partial charge on any atom is 0.141 e. The lowest BCUT2D eigenvalue weighted by molar-refractivity contribution is 1.42. The van der Waals surface area contributed by atoms with Crippen LogP contribution in [-0.4, -0.2) is 5.71 Å². The zero-order chi connectivity index (χ0) is 11.1. The van der Waals surface area contributed by atoms with Gasteiger partial charge in [0.1, 0.15) is 11.8 Å². The Morgan fingerprint density at radius 3 is 2.50 bits per heavy atom. The van der Waals surface area contributed by atoms with E-state index in [2.05, 4.69) is 0 Å². The number of hydrogen-bond acceptors (Lipinski definition) is 3. The number of anilines is 1. The third-order valence-electron chi connectivity index (χ3n) is 1.59. The Morgan fingerprint density at radius 2 is 2.00 bits per heavy atom. The molecule has 0 unspecified atom stereocenters. The molecule has 0 saturated heterocycles. The van der Waals surface area contributed by atoms with Crippen LogP contribution in [0.5, 0.6) is 0 Å². The molecule has 0 spiro atoms. The summed E-state index contributed by atoms with van der Waals surface area (Å²) < 4.78 is 0. The summed E-state index contributed by atoms with van der Waals surface area (Å²) in [5.41, 5.74) is 7.48. The zero-order valence-corrected chi connectivity index (χ0v) is 8.76. The molecule has 0 aliphatic heterocycles. The van der Waals surface area contributed by atoms with Gasteiger partial charge in [-0.25, -0.2) is 0 Å². The molecule has 0 bridgehead atoms. The van der Waals surface area contributed by atoms with Gasteiger partial charge < -0.3 is 5.73 Å². The molecule has 3 heteroatoms. The number of hydrogen-bond donors (Lipinski definition) is 2. The molecular weight excluding hydrogens is 174 g/mol. The second kappa shape index (κ2) is 5.76. The van der Waals surface area contributed by atoms with Crippen molar-refractivity contribution in [2.75, 3.05) is 5.73 Å². The predicted octanol–water partition coefficient (Wildman–Crippen LogP) is 2.49. The van der Waals surface area contributed by atoms with Crippen molar-refractivity contribution in [1.82, 2.24) is 0 Å². The van der Waals surface area contributed by atoms with Crippen LogP contribution >= 0.6 is 0 Å². The fraction of sp³-hybridized carbons (Fsp3) is 0.273. The summed E-state index contributed by atoms with van der Waals surface area (Å²) in [7, 11) is 0. The molecule has 1 aromatic carbocycles. The first-order valence-corrected chi connectivity index (χ1v) is 4.50. The van der Waals surface area contributed by atoms with Crippen molar-refractivity contribution < 1.29 is 0 Å². The first-order valence-electron chi connectivity index (χ1n) is 4.50. The van der Waals surface area contributed by atoms with E-state index in [0.717, 1.165) is 5.56 Å². The van der Waals surface area contributed by atoms with Crippen LogP contribution in [0.2, 0.25) is 0 Å². The van der Waals surface area contributed by atoms with E-state index in [9.17, 15) is 0 Å². The van der Waals surface area contributed by atoms with E-state index < -0.39 is 0 Å². The van der Waals surface area contributed by atoms with Crippen molar-refractivity contribution >= 4 is 11.4 Å². The van der Waals surface area contributed by atoms with E-state index >= 15 is 0 Å². The van der Waals surface area contributed by atoms with Gasteiger partial charge in [0.05, 0.1) is 0 Å². The zero-order valence-electron chi connectivity index (χ0n) is 8.76. The van der Waals surface area contributed by atoms with Gasteiger partial charge in [0, 0.05) is 11.3 Å². The molecule has 0 fully saturated rings. The first kappa shape index (κ1) is 12.2. The fourth-order valence-corrected chi connectivity index (χ4v) is 0.947. The standard InChI is InChI=1S/C9H9N3.C2H6/c1-6-2-3-8(11)7(4-6)9(12)5-10;1-2/h2-4,12H,11H2,1H3;1-2H3. The summed E-state index contributed by atoms with van der Waals surface area (Å²) in [4.78, 5) is 0. The normalized spacial score (nSPS) is 8.14. The molecule has 3 nitrogen and oxygen atoms in total. The molecule has 74 valence electrons. The first-order chi connectivity index (χ1) is 6.65. The molecule has 1 aromatic rings. The van der Waals surface area contributed by atoms with Crippen LogP contribution in [0.15, 0.2) is 18.2 Å². The summed E-state index contributed by atoms with van der Waals surface area (Å²) in [6.45, 7) is 5.90. The van der Waals surface area contributed by atoms with Crippen LogP contribution in [0.4, 0.5) is 5.69 Å². The van der Waals surface area contributed by atoms with Gasteiger partial charge in [0.25, 0.3) is 0 Å². The number of aryl methyl sites for hydroxylation is 1. The van der Waals surface area contributed by atoms with Crippen LogP contribution in [-0.2, 0) is 0 Å². The number of rotatable bonds is 1. The van der Waals surface area contributed by atoms with E-state index in [4.69, 9.17) is 16.4 Å². The summed E-state index contributed by atoms with van der Waals surface area (Å²) in [6.07, 6.45) is 0. The summed E-state index contributed by atoms with van der Waals surface area (Å²) in [5.74, 6) is 0. The quantitative estimate of drug-likeness (QED) is 0.526. The molecule has 0 amide bonds. The number of nitrogens with one attached hydrogen (secondary N) is 1. The SMILES string of the molecule is CC.Cc1ccc(N)c(C(=N)C#N)c1. The molecule has 3 N–H and O–H groups in total. The van der Waals surface area contributed by atoms with Gasteiger partial charge in [-0.3, -0.25) is 5.41 Å². The van der Waals surface area contributed by atoms with E-state index in [0.29, 0.717) is 11.3 Å². The highest BCUT2D eigenvalue weighted by Crippen LogP contribution is 2.13. The Bertz CT molecular complexity index is 361. The van der Waals surface area contributed by atoms with Gasteiger partial charge in [-0.1, -0.05) is 25.5 Å². The van der Waals surface area contributed by atoms with Crippen LogP contribution < -0.4 is 5.73 Å². The number of nitriles is 1. The molecule has 0 atom stereocenters. The lowest BCUT2D eigenvalue weighted by Gasteiger charge is -2.01. The van der Waals surface area contributed by atoms with Gasteiger partial charge in [-0.15, -0.1) is 0 Å². The van der Waals surface area contributed by atoms with Crippen LogP contribution in [0.1, 0.15) is 25.0 Å². The highest BCUT2D eigenvalue weighted by Gasteiger charge is 2.03. The number of benzene rings is 1. The molecule has 0 radical (unpaired) electrons. The van der Waals surface area contributed by atoms with Crippen molar-refractivity contribution in [3.05, 3.63) is 29.3 Å². The number of nitrogen functional groups attached to an aromatic ring is 1. The average molecular weight is 189 g/mol. The summed E-state index contributed by atoms with van der Waals surface area (Å²) in [5, 5.41) is 15.7. The van der Waals surface area contributed by atoms with Gasteiger partial charge in [0.2, 0.25) is 0 Å². The van der Waals surface area contributed by atoms with Crippen molar-refractivity contribution in [3.8, 4) is 6.07 Å². The Kier molecular flexibility index (Phi) is 5.01. The maximum atomic E-state index is 8.47. The second-order valence-corrected chi connectivity index (χ2v) is 2.58. The highest BCUT2D eigenvalue weighted by atomic mass is 14.6. The van der Waals surface area contributed by atoms with Crippen LogP contribution in [0.3, 0.4) is 0 Å². The fourth-order valence-electron chi connectivity index (χ4n) is 0.947. The Morgan fingerprint density at radius 1 is 1.43 bits per heavy atom. The molecule has 1 rings (SSSR count). The minimum Gasteiger partial charge on any atom is -0.398 e. The number of nitrogens with two attached hydrogens (primary N) is 1. The predicted molar refractivity (Wildman–Crippen MR) is 59.4 cm³/mol. The van der Waals surface area contributed by atoms with Crippen molar-refractivity contribution in [1.29, 1.82) is 10.7 Å². The van der Waals surface area contributed by atoms with Gasteiger partial charge in [-0.2, -0.15) is 5.26 Å². The van der Waals surface area contributed by atoms with Gasteiger partial charge >= 0.3 is 0 Å². The van der Waals surface area contributed by atoms with E-state index in [1.807, 2.05) is 26.8 Å². The van der Waals surface area contributed by atoms with Crippen molar-refractivity contribution in [3.63, 3.8) is 0 Å². The van der Waals surface area contributed by atoms with Gasteiger partial charge in [-0.05, 0) is 19.1 Å². The largest absolute Gasteiger partial charge is 0.398 e. The van der Waals surface area contributed by atoms with Crippen molar-refractivity contribution in [2.45, 2.75) is 20.8 Å². The van der Waals surface area contributed by atoms with E-state index in [-0.39, 0.29) is 5.71 Å². The molecule has 0 saturated carbocycles. The smallest absolute Gasteiger partial charge is 0.141 e. The minimum atomic E-state index is -0.0869. The summed E-state index contributed by atoms with van der Waals surface area (Å²) >= 11 is 0. The average Bonchev–Trinajstić information content (AvgIpc) is 2.23. The summed E-state index contributed by atoms with van der Waals surface area (Å²) in [6, 6.07) is 7.05. The molecule has 0 aromatic heterocycles. The van der Waals surface area contributed by atoms with Gasteiger partial charge in [0.15, 0.2) is 0 Å². The topological polar surface area (TPSA) is 73.7 Å². The third-order valence-corrected chi connectivity index (χ3v) is 1.59. The highest BCUT2D eigenvalue weighted by molar-refractivity contribution is 6.12.